The molecule has 2 aromatic heterocycles. The predicted molar refractivity (Wildman–Crippen MR) is 90.5 cm³/mol. The highest BCUT2D eigenvalue weighted by Gasteiger charge is 2.38. The Bertz CT molecular complexity index is 870. The minimum atomic E-state index is -0.0300. The van der Waals surface area contributed by atoms with Crippen LogP contribution in [0.15, 0.2) is 6.20 Å². The lowest BCUT2D eigenvalue weighted by molar-refractivity contribution is -0.138. The average molecular weight is 358 g/mol. The second-order valence-electron chi connectivity index (χ2n) is 6.97. The molecule has 0 spiro atoms. The number of piperidine rings is 1. The van der Waals surface area contributed by atoms with Crippen molar-refractivity contribution in [2.24, 2.45) is 0 Å². The van der Waals surface area contributed by atoms with E-state index in [0.717, 1.165) is 17.8 Å². The summed E-state index contributed by atoms with van der Waals surface area (Å²) in [4.78, 5) is 26.4. The lowest BCUT2D eigenvalue weighted by Gasteiger charge is -2.41. The van der Waals surface area contributed by atoms with Gasteiger partial charge >= 0.3 is 0 Å². The van der Waals surface area contributed by atoms with Crippen molar-refractivity contribution in [3.05, 3.63) is 28.8 Å². The van der Waals surface area contributed by atoms with Crippen LogP contribution < -0.4 is 0 Å². The topological polar surface area (TPSA) is 95.1 Å². The quantitative estimate of drug-likeness (QED) is 0.748. The van der Waals surface area contributed by atoms with E-state index in [2.05, 4.69) is 15.4 Å². The number of aromatic nitrogens is 5. The molecule has 0 bridgehead atoms. The van der Waals surface area contributed by atoms with Crippen molar-refractivity contribution in [1.82, 2.24) is 29.7 Å². The number of carbonyl (C=O) groups is 2. The van der Waals surface area contributed by atoms with Crippen LogP contribution in [0, 0.1) is 13.8 Å². The molecule has 0 N–H and O–H groups in total. The molecule has 2 aromatic rings. The molecule has 0 aliphatic carbocycles. The minimum Gasteiger partial charge on any atom is -0.370 e. The molecule has 138 valence electrons. The van der Waals surface area contributed by atoms with Crippen molar-refractivity contribution in [3.8, 4) is 0 Å². The van der Waals surface area contributed by atoms with Gasteiger partial charge in [-0.3, -0.25) is 14.3 Å². The average Bonchev–Trinajstić information content (AvgIpc) is 3.19. The van der Waals surface area contributed by atoms with Gasteiger partial charge in [-0.2, -0.15) is 5.10 Å². The van der Waals surface area contributed by atoms with E-state index in [-0.39, 0.29) is 30.4 Å². The lowest BCUT2D eigenvalue weighted by Crippen LogP contribution is -2.50. The van der Waals surface area contributed by atoms with Crippen LogP contribution in [0.2, 0.25) is 0 Å². The zero-order valence-electron chi connectivity index (χ0n) is 15.2. The number of Topliss-reactive ketones (excluding diaryl/α,β-unsaturated/α-hetero) is 1. The lowest BCUT2D eigenvalue weighted by atomic mass is 10.0. The number of nitrogens with zero attached hydrogens (tertiary/aromatic N) is 6. The first-order valence-corrected chi connectivity index (χ1v) is 8.79. The molecule has 9 nitrogen and oxygen atoms in total. The van der Waals surface area contributed by atoms with E-state index < -0.39 is 0 Å². The SMILES string of the molecule is CC(=O)c1c(C)nn(CC(=O)N2CC[C@@H]3OCc4cnnn4[C@@H]3C2)c1C. The number of ether oxygens (including phenoxy) is 1. The molecule has 26 heavy (non-hydrogen) atoms. The summed E-state index contributed by atoms with van der Waals surface area (Å²) >= 11 is 0. The molecule has 2 atom stereocenters. The number of aryl methyl sites for hydroxylation is 1. The van der Waals surface area contributed by atoms with Crippen LogP contribution in [0.1, 0.15) is 46.8 Å². The number of fused-ring (bicyclic) bond motifs is 3. The van der Waals surface area contributed by atoms with Crippen molar-refractivity contribution in [1.29, 1.82) is 0 Å². The number of carbonyl (C=O) groups excluding carboxylic acids is 2. The summed E-state index contributed by atoms with van der Waals surface area (Å²) in [5.74, 6) is -0.0472. The van der Waals surface area contributed by atoms with Gasteiger partial charge in [-0.15, -0.1) is 5.10 Å². The van der Waals surface area contributed by atoms with Crippen LogP contribution in [0.5, 0.6) is 0 Å². The number of rotatable bonds is 3. The van der Waals surface area contributed by atoms with Crippen molar-refractivity contribution < 1.29 is 14.3 Å². The molecular formula is C17H22N6O3. The van der Waals surface area contributed by atoms with Gasteiger partial charge in [-0.05, 0) is 27.2 Å². The molecule has 0 unspecified atom stereocenters. The molecule has 4 heterocycles. The van der Waals surface area contributed by atoms with Crippen molar-refractivity contribution >= 4 is 11.7 Å². The van der Waals surface area contributed by atoms with Crippen molar-refractivity contribution in [2.45, 2.75) is 52.5 Å². The molecule has 1 saturated heterocycles. The van der Waals surface area contributed by atoms with Gasteiger partial charge in [0.2, 0.25) is 5.91 Å². The largest absolute Gasteiger partial charge is 0.370 e. The van der Waals surface area contributed by atoms with Crippen LogP contribution in [0.25, 0.3) is 0 Å². The zero-order valence-corrected chi connectivity index (χ0v) is 15.2. The van der Waals surface area contributed by atoms with E-state index in [0.29, 0.717) is 31.0 Å². The molecular weight excluding hydrogens is 336 g/mol. The molecule has 1 amide bonds. The number of hydrogen-bond acceptors (Lipinski definition) is 6. The third kappa shape index (κ3) is 2.72. The van der Waals surface area contributed by atoms with E-state index in [4.69, 9.17) is 4.74 Å². The number of ketones is 1. The molecule has 9 heteroatoms. The summed E-state index contributed by atoms with van der Waals surface area (Å²) in [6, 6.07) is -0.00724. The standard InChI is InChI=1S/C17H22N6O3/c1-10-17(12(3)24)11(2)22(19-10)8-16(25)21-5-4-15-14(7-21)23-13(9-26-15)6-18-20-23/h6,14-15H,4-5,7-9H2,1-3H3/t14-,15+/m1/s1. The van der Waals surface area contributed by atoms with Gasteiger partial charge in [0.15, 0.2) is 5.78 Å². The zero-order chi connectivity index (χ0) is 18.4. The Morgan fingerprint density at radius 3 is 2.88 bits per heavy atom. The molecule has 1 fully saturated rings. The Balaban J connectivity index is 1.50. The first kappa shape index (κ1) is 16.9. The molecule has 4 rings (SSSR count). The van der Waals surface area contributed by atoms with E-state index in [1.807, 2.05) is 16.5 Å². The summed E-state index contributed by atoms with van der Waals surface area (Å²) in [6.07, 6.45) is 2.54. The Hall–Kier alpha value is -2.55. The van der Waals surface area contributed by atoms with Gasteiger partial charge in [-0.25, -0.2) is 4.68 Å². The van der Waals surface area contributed by atoms with Gasteiger partial charge in [0, 0.05) is 18.8 Å². The minimum absolute atomic E-state index is 0.00724. The maximum absolute atomic E-state index is 12.8. The Labute approximate surface area is 150 Å². The smallest absolute Gasteiger partial charge is 0.244 e. The maximum Gasteiger partial charge on any atom is 0.244 e. The summed E-state index contributed by atoms with van der Waals surface area (Å²) in [6.45, 7) is 6.97. The predicted octanol–water partition coefficient (Wildman–Crippen LogP) is 0.666. The van der Waals surface area contributed by atoms with E-state index in [1.54, 1.807) is 17.8 Å². The highest BCUT2D eigenvalue weighted by Crippen LogP contribution is 2.30. The van der Waals surface area contributed by atoms with Gasteiger partial charge < -0.3 is 9.64 Å². The van der Waals surface area contributed by atoms with E-state index in [1.165, 1.54) is 6.92 Å². The first-order chi connectivity index (χ1) is 12.5. The highest BCUT2D eigenvalue weighted by atomic mass is 16.5. The van der Waals surface area contributed by atoms with Crippen LogP contribution in [-0.4, -0.2) is 60.6 Å². The Morgan fingerprint density at radius 1 is 1.35 bits per heavy atom. The van der Waals surface area contributed by atoms with Crippen molar-refractivity contribution in [3.63, 3.8) is 0 Å². The summed E-state index contributed by atoms with van der Waals surface area (Å²) in [5, 5.41) is 12.5. The van der Waals surface area contributed by atoms with Crippen LogP contribution in [-0.2, 0) is 22.7 Å². The fraction of sp³-hybridized carbons (Fsp3) is 0.588. The normalized spacial score (nSPS) is 22.0. The first-order valence-electron chi connectivity index (χ1n) is 8.79. The number of likely N-dealkylation sites (tertiary alicyclic amines) is 1. The van der Waals surface area contributed by atoms with Gasteiger partial charge in [0.25, 0.3) is 0 Å². The third-order valence-corrected chi connectivity index (χ3v) is 5.30. The fourth-order valence-electron chi connectivity index (χ4n) is 3.99. The molecule has 2 aliphatic heterocycles. The molecule has 0 radical (unpaired) electrons. The van der Waals surface area contributed by atoms with Gasteiger partial charge in [0.05, 0.1) is 41.9 Å². The highest BCUT2D eigenvalue weighted by molar-refractivity contribution is 5.96. The summed E-state index contributed by atoms with van der Waals surface area (Å²) in [7, 11) is 0. The van der Waals surface area contributed by atoms with Crippen LogP contribution in [0.3, 0.4) is 0 Å². The molecule has 0 saturated carbocycles. The number of hydrogen-bond donors (Lipinski definition) is 0. The number of amides is 1. The van der Waals surface area contributed by atoms with E-state index in [9.17, 15) is 9.59 Å². The third-order valence-electron chi connectivity index (χ3n) is 5.30. The molecule has 2 aliphatic rings. The van der Waals surface area contributed by atoms with Crippen molar-refractivity contribution in [2.75, 3.05) is 13.1 Å². The Kier molecular flexibility index (Phi) is 4.10. The van der Waals surface area contributed by atoms with Gasteiger partial charge in [0.1, 0.15) is 6.54 Å². The maximum atomic E-state index is 12.8. The second kappa shape index (κ2) is 6.31. The monoisotopic (exact) mass is 358 g/mol. The van der Waals surface area contributed by atoms with Crippen LogP contribution >= 0.6 is 0 Å². The fourth-order valence-corrected chi connectivity index (χ4v) is 3.99. The molecule has 0 aromatic carbocycles. The Morgan fingerprint density at radius 2 is 2.15 bits per heavy atom. The van der Waals surface area contributed by atoms with Crippen LogP contribution in [0.4, 0.5) is 0 Å². The second-order valence-corrected chi connectivity index (χ2v) is 6.97. The summed E-state index contributed by atoms with van der Waals surface area (Å²) in [5.41, 5.74) is 2.93. The summed E-state index contributed by atoms with van der Waals surface area (Å²) < 4.78 is 9.39. The van der Waals surface area contributed by atoms with E-state index >= 15 is 0 Å². The van der Waals surface area contributed by atoms with Gasteiger partial charge in [-0.1, -0.05) is 5.21 Å².